The van der Waals surface area contributed by atoms with Crippen molar-refractivity contribution in [2.75, 3.05) is 12.4 Å². The van der Waals surface area contributed by atoms with Gasteiger partial charge in [0.15, 0.2) is 0 Å². The van der Waals surface area contributed by atoms with Crippen LogP contribution in [-0.4, -0.2) is 67.1 Å². The second-order valence-corrected chi connectivity index (χ2v) is 8.01. The number of esters is 1. The monoisotopic (exact) mass is 452 g/mol. The van der Waals surface area contributed by atoms with Gasteiger partial charge in [-0.1, -0.05) is 0 Å². The highest BCUT2D eigenvalue weighted by molar-refractivity contribution is 8.00. The molecule has 0 aromatic carbocycles. The Morgan fingerprint density at radius 1 is 1.35 bits per heavy atom. The van der Waals surface area contributed by atoms with E-state index in [9.17, 15) is 34.4 Å². The van der Waals surface area contributed by atoms with E-state index < -0.39 is 40.1 Å². The van der Waals surface area contributed by atoms with Crippen LogP contribution in [0, 0.1) is 24.0 Å². The standard InChI is InChI=1S/C17H19N5O8S/c1-7-13(22(28)29)8(2)20(19-7)4-11(24)18-12-15(25)21-14(17(26)27)10(5-30-9(3)23)6-31-16(12)21/h12,16H,4-6H2,1-3H3,(H,18,24)(H,26,27)/p-1. The Kier molecular flexibility index (Phi) is 6.01. The number of β-lactam (4-membered cyclic amide) rings is 1. The van der Waals surface area contributed by atoms with Gasteiger partial charge in [-0.15, -0.1) is 11.8 Å². The van der Waals surface area contributed by atoms with Crippen LogP contribution in [0.3, 0.4) is 0 Å². The molecule has 0 spiro atoms. The zero-order chi connectivity index (χ0) is 23.0. The number of carbonyl (C=O) groups is 4. The molecule has 13 nitrogen and oxygen atoms in total. The lowest BCUT2D eigenvalue weighted by molar-refractivity contribution is -0.386. The van der Waals surface area contributed by atoms with Crippen molar-refractivity contribution in [1.29, 1.82) is 0 Å². The number of nitrogens with one attached hydrogen (secondary N) is 1. The first-order chi connectivity index (χ1) is 14.5. The van der Waals surface area contributed by atoms with Crippen LogP contribution in [0.5, 0.6) is 0 Å². The van der Waals surface area contributed by atoms with Gasteiger partial charge in [0.1, 0.15) is 36.0 Å². The predicted molar refractivity (Wildman–Crippen MR) is 102 cm³/mol. The number of hydrogen-bond donors (Lipinski definition) is 1. The maximum atomic E-state index is 12.6. The van der Waals surface area contributed by atoms with Gasteiger partial charge in [-0.3, -0.25) is 34.1 Å². The van der Waals surface area contributed by atoms with E-state index in [4.69, 9.17) is 4.74 Å². The van der Waals surface area contributed by atoms with Gasteiger partial charge >= 0.3 is 11.7 Å². The van der Waals surface area contributed by atoms with Crippen molar-refractivity contribution < 1.29 is 33.9 Å². The Hall–Kier alpha value is -3.42. The van der Waals surface area contributed by atoms with Crippen LogP contribution in [0.25, 0.3) is 0 Å². The number of amides is 2. The summed E-state index contributed by atoms with van der Waals surface area (Å²) in [6, 6.07) is -0.978. The molecule has 0 radical (unpaired) electrons. The molecule has 1 saturated heterocycles. The average Bonchev–Trinajstić information content (AvgIpc) is 2.96. The Morgan fingerprint density at radius 2 is 2.03 bits per heavy atom. The number of aryl methyl sites for hydroxylation is 1. The second kappa shape index (κ2) is 8.37. The van der Waals surface area contributed by atoms with Crippen LogP contribution in [0.1, 0.15) is 18.3 Å². The first-order valence-corrected chi connectivity index (χ1v) is 10.1. The number of carboxylic acid groups (broad SMARTS) is 1. The third-order valence-corrected chi connectivity index (χ3v) is 6.17. The van der Waals surface area contributed by atoms with E-state index in [1.807, 2.05) is 0 Å². The number of fused-ring (bicyclic) bond motifs is 1. The van der Waals surface area contributed by atoms with Crippen LogP contribution in [0.4, 0.5) is 5.69 Å². The fourth-order valence-electron chi connectivity index (χ4n) is 3.43. The summed E-state index contributed by atoms with van der Waals surface area (Å²) in [4.78, 5) is 59.1. The molecule has 0 bridgehead atoms. The number of carbonyl (C=O) groups excluding carboxylic acids is 4. The van der Waals surface area contributed by atoms with Crippen molar-refractivity contribution in [3.63, 3.8) is 0 Å². The summed E-state index contributed by atoms with van der Waals surface area (Å²) < 4.78 is 6.00. The number of ether oxygens (including phenoxy) is 1. The van der Waals surface area contributed by atoms with E-state index in [1.165, 1.54) is 37.2 Å². The molecule has 3 rings (SSSR count). The summed E-state index contributed by atoms with van der Waals surface area (Å²) in [5.41, 5.74) is 0.0291. The van der Waals surface area contributed by atoms with Crippen molar-refractivity contribution in [2.24, 2.45) is 0 Å². The average molecular weight is 452 g/mol. The van der Waals surface area contributed by atoms with Gasteiger partial charge in [-0.2, -0.15) is 5.10 Å². The number of thioether (sulfide) groups is 1. The van der Waals surface area contributed by atoms with E-state index in [0.29, 0.717) is 0 Å². The number of aliphatic carboxylic acids is 1. The molecule has 31 heavy (non-hydrogen) atoms. The Bertz CT molecular complexity index is 1030. The highest BCUT2D eigenvalue weighted by atomic mass is 32.2. The van der Waals surface area contributed by atoms with E-state index in [2.05, 4.69) is 10.4 Å². The van der Waals surface area contributed by atoms with Gasteiger partial charge in [0.2, 0.25) is 5.91 Å². The maximum absolute atomic E-state index is 12.6. The lowest BCUT2D eigenvalue weighted by atomic mass is 10.0. The van der Waals surface area contributed by atoms with Crippen LogP contribution in [-0.2, 0) is 30.5 Å². The van der Waals surface area contributed by atoms with Gasteiger partial charge < -0.3 is 20.0 Å². The topological polar surface area (TPSA) is 177 Å². The van der Waals surface area contributed by atoms with Gasteiger partial charge in [-0.25, -0.2) is 0 Å². The molecule has 1 aromatic rings. The maximum Gasteiger partial charge on any atom is 0.312 e. The SMILES string of the molecule is CC(=O)OCC1=C(C(=O)[O-])N2C(=O)C(NC(=O)Cn3nc(C)c([N+](=O)[O-])c3C)C2SC1. The molecule has 2 amide bonds. The molecule has 14 heteroatoms. The first kappa shape index (κ1) is 22.3. The number of carboxylic acids is 1. The molecule has 1 fully saturated rings. The summed E-state index contributed by atoms with van der Waals surface area (Å²) >= 11 is 1.21. The molecule has 2 aliphatic rings. The van der Waals surface area contributed by atoms with Crippen molar-refractivity contribution in [2.45, 2.75) is 38.7 Å². The fraction of sp³-hybridized carbons (Fsp3) is 0.471. The van der Waals surface area contributed by atoms with Crippen LogP contribution >= 0.6 is 11.8 Å². The molecule has 3 heterocycles. The zero-order valence-corrected chi connectivity index (χ0v) is 17.6. The van der Waals surface area contributed by atoms with Crippen LogP contribution in [0.15, 0.2) is 11.3 Å². The third-order valence-electron chi connectivity index (χ3n) is 4.83. The zero-order valence-electron chi connectivity index (χ0n) is 16.7. The van der Waals surface area contributed by atoms with Gasteiger partial charge in [0, 0.05) is 18.2 Å². The first-order valence-electron chi connectivity index (χ1n) is 9.02. The molecular weight excluding hydrogens is 434 g/mol. The molecule has 1 aromatic heterocycles. The van der Waals surface area contributed by atoms with E-state index in [0.717, 1.165) is 4.90 Å². The number of nitro groups is 1. The Balaban J connectivity index is 1.71. The van der Waals surface area contributed by atoms with Gasteiger partial charge in [-0.05, 0) is 13.8 Å². The Morgan fingerprint density at radius 3 is 2.58 bits per heavy atom. The largest absolute Gasteiger partial charge is 0.543 e. The highest BCUT2D eigenvalue weighted by Gasteiger charge is 2.52. The molecule has 0 aliphatic carbocycles. The molecule has 0 saturated carbocycles. The molecule has 2 aliphatic heterocycles. The number of hydrogen-bond acceptors (Lipinski definition) is 10. The molecule has 166 valence electrons. The van der Waals surface area contributed by atoms with Crippen molar-refractivity contribution >= 4 is 41.2 Å². The molecule has 2 unspecified atom stereocenters. The highest BCUT2D eigenvalue weighted by Crippen LogP contribution is 2.40. The number of rotatable bonds is 7. The quantitative estimate of drug-likeness (QED) is 0.219. The summed E-state index contributed by atoms with van der Waals surface area (Å²) in [5, 5.41) is 28.5. The van der Waals surface area contributed by atoms with E-state index in [1.54, 1.807) is 0 Å². The van der Waals surface area contributed by atoms with Gasteiger partial charge in [0.25, 0.3) is 5.91 Å². The number of aromatic nitrogens is 2. The molecule has 2 atom stereocenters. The van der Waals surface area contributed by atoms with Gasteiger partial charge in [0.05, 0.1) is 16.6 Å². The summed E-state index contributed by atoms with van der Waals surface area (Å²) in [6.07, 6.45) is 0. The van der Waals surface area contributed by atoms with Crippen molar-refractivity contribution in [3.05, 3.63) is 32.8 Å². The molecule has 1 N–H and O–H groups in total. The molecular formula is C17H18N5O8S-. The smallest absolute Gasteiger partial charge is 0.312 e. The number of nitrogens with zero attached hydrogens (tertiary/aromatic N) is 4. The van der Waals surface area contributed by atoms with Crippen LogP contribution in [0.2, 0.25) is 0 Å². The summed E-state index contributed by atoms with van der Waals surface area (Å²) in [6.45, 7) is 3.46. The Labute approximate surface area is 179 Å². The fourth-order valence-corrected chi connectivity index (χ4v) is 4.76. The van der Waals surface area contributed by atoms with E-state index >= 15 is 0 Å². The van der Waals surface area contributed by atoms with E-state index in [-0.39, 0.29) is 47.2 Å². The third kappa shape index (κ3) is 4.10. The lowest BCUT2D eigenvalue weighted by Gasteiger charge is -2.50. The minimum atomic E-state index is -1.58. The minimum Gasteiger partial charge on any atom is -0.543 e. The second-order valence-electron chi connectivity index (χ2n) is 6.91. The summed E-state index contributed by atoms with van der Waals surface area (Å²) in [5.74, 6) is -3.27. The van der Waals surface area contributed by atoms with Crippen molar-refractivity contribution in [1.82, 2.24) is 20.0 Å². The van der Waals surface area contributed by atoms with Crippen LogP contribution < -0.4 is 10.4 Å². The normalized spacial score (nSPS) is 20.1. The lowest BCUT2D eigenvalue weighted by Crippen LogP contribution is -2.71. The van der Waals surface area contributed by atoms with Crippen molar-refractivity contribution in [3.8, 4) is 0 Å². The predicted octanol–water partition coefficient (Wildman–Crippen LogP) is -1.62. The minimum absolute atomic E-state index is 0.160. The summed E-state index contributed by atoms with van der Waals surface area (Å²) in [7, 11) is 0.